The van der Waals surface area contributed by atoms with Gasteiger partial charge in [0.05, 0.1) is 6.10 Å². The van der Waals surface area contributed by atoms with Gasteiger partial charge in [-0.1, -0.05) is 26.0 Å². The van der Waals surface area contributed by atoms with Crippen molar-refractivity contribution < 1.29 is 9.90 Å². The van der Waals surface area contributed by atoms with E-state index in [4.69, 9.17) is 0 Å². The topological polar surface area (TPSA) is 55.8 Å². The monoisotopic (exact) mass is 361 g/mol. The molecule has 2 rings (SSSR count). The minimum atomic E-state index is -0.148. The summed E-state index contributed by atoms with van der Waals surface area (Å²) in [4.78, 5) is 17.1. The molecule has 0 atom stereocenters. The Hall–Kier alpha value is -1.43. The molecule has 1 aliphatic heterocycles. The smallest absolute Gasteiger partial charge is 0.251 e. The van der Waals surface area contributed by atoms with Crippen LogP contribution in [0.4, 0.5) is 0 Å². The Labute approximate surface area is 158 Å². The lowest BCUT2D eigenvalue weighted by molar-refractivity contribution is 0.0804. The Bertz CT molecular complexity index is 519. The van der Waals surface area contributed by atoms with E-state index in [1.807, 2.05) is 12.1 Å². The molecule has 1 saturated heterocycles. The molecule has 0 aliphatic carbocycles. The number of carbonyl (C=O) groups excluding carboxylic acids is 1. The van der Waals surface area contributed by atoms with Crippen LogP contribution in [-0.4, -0.2) is 66.2 Å². The number of piperidine rings is 1. The second kappa shape index (κ2) is 11.3. The van der Waals surface area contributed by atoms with Crippen molar-refractivity contribution in [3.8, 4) is 0 Å². The first-order valence-electron chi connectivity index (χ1n) is 10.1. The van der Waals surface area contributed by atoms with Crippen molar-refractivity contribution in [2.45, 2.75) is 52.2 Å². The Morgan fingerprint density at radius 1 is 1.15 bits per heavy atom. The number of amides is 1. The van der Waals surface area contributed by atoms with Gasteiger partial charge in [-0.15, -0.1) is 0 Å². The average molecular weight is 362 g/mol. The molecule has 146 valence electrons. The molecule has 0 aromatic heterocycles. The van der Waals surface area contributed by atoms with Gasteiger partial charge in [0.2, 0.25) is 0 Å². The number of likely N-dealkylation sites (tertiary alicyclic amines) is 1. The lowest BCUT2D eigenvalue weighted by atomic mass is 10.1. The molecule has 1 heterocycles. The van der Waals surface area contributed by atoms with Crippen LogP contribution in [0.5, 0.6) is 0 Å². The summed E-state index contributed by atoms with van der Waals surface area (Å²) in [5.41, 5.74) is 1.98. The van der Waals surface area contributed by atoms with Crippen LogP contribution in [0.25, 0.3) is 0 Å². The summed E-state index contributed by atoms with van der Waals surface area (Å²) in [7, 11) is 0. The summed E-state index contributed by atoms with van der Waals surface area (Å²) >= 11 is 0. The first-order valence-corrected chi connectivity index (χ1v) is 10.1. The quantitative estimate of drug-likeness (QED) is 0.672. The van der Waals surface area contributed by atoms with Gasteiger partial charge in [0.25, 0.3) is 5.91 Å². The molecular formula is C21H35N3O2. The molecule has 1 aliphatic rings. The van der Waals surface area contributed by atoms with Crippen LogP contribution in [0.2, 0.25) is 0 Å². The standard InChI is InChI=1S/C21H35N3O2/c1-3-12-24(13-4-2)17-18-5-7-19(8-6-18)21(26)22-11-16-23-14-9-20(25)10-15-23/h5-8,20,25H,3-4,9-17H2,1-2H3,(H,22,26). The fourth-order valence-corrected chi connectivity index (χ4v) is 3.49. The van der Waals surface area contributed by atoms with E-state index in [1.165, 1.54) is 5.56 Å². The third-order valence-electron chi connectivity index (χ3n) is 4.97. The highest BCUT2D eigenvalue weighted by atomic mass is 16.3. The van der Waals surface area contributed by atoms with Gasteiger partial charge >= 0.3 is 0 Å². The maximum Gasteiger partial charge on any atom is 0.251 e. The number of hydrogen-bond donors (Lipinski definition) is 2. The zero-order valence-electron chi connectivity index (χ0n) is 16.4. The molecule has 0 unspecified atom stereocenters. The lowest BCUT2D eigenvalue weighted by Crippen LogP contribution is -2.40. The summed E-state index contributed by atoms with van der Waals surface area (Å²) in [6, 6.07) is 7.99. The second-order valence-corrected chi connectivity index (χ2v) is 7.30. The Kier molecular flexibility index (Phi) is 9.09. The van der Waals surface area contributed by atoms with Gasteiger partial charge in [0.15, 0.2) is 0 Å². The van der Waals surface area contributed by atoms with Crippen LogP contribution in [0.3, 0.4) is 0 Å². The number of carbonyl (C=O) groups is 1. The first-order chi connectivity index (χ1) is 12.6. The number of aliphatic hydroxyl groups is 1. The first kappa shape index (κ1) is 20.9. The molecule has 5 heteroatoms. The summed E-state index contributed by atoms with van der Waals surface area (Å²) in [5, 5.41) is 12.5. The summed E-state index contributed by atoms with van der Waals surface area (Å²) in [6.07, 6.45) is 3.85. The van der Waals surface area contributed by atoms with E-state index >= 15 is 0 Å². The van der Waals surface area contributed by atoms with Gasteiger partial charge in [-0.2, -0.15) is 0 Å². The fourth-order valence-electron chi connectivity index (χ4n) is 3.49. The molecule has 0 radical (unpaired) electrons. The third kappa shape index (κ3) is 7.06. The maximum atomic E-state index is 12.3. The molecule has 1 aromatic rings. The van der Waals surface area contributed by atoms with E-state index in [0.717, 1.165) is 70.5 Å². The van der Waals surface area contributed by atoms with Gasteiger partial charge in [-0.25, -0.2) is 0 Å². The normalized spacial score (nSPS) is 16.2. The molecule has 2 N–H and O–H groups in total. The molecule has 0 bridgehead atoms. The van der Waals surface area contributed by atoms with Crippen molar-refractivity contribution in [3.05, 3.63) is 35.4 Å². The fraction of sp³-hybridized carbons (Fsp3) is 0.667. The van der Waals surface area contributed by atoms with Crippen molar-refractivity contribution >= 4 is 5.91 Å². The highest BCUT2D eigenvalue weighted by molar-refractivity contribution is 5.94. The maximum absolute atomic E-state index is 12.3. The zero-order chi connectivity index (χ0) is 18.8. The number of aliphatic hydroxyl groups excluding tert-OH is 1. The lowest BCUT2D eigenvalue weighted by Gasteiger charge is -2.29. The van der Waals surface area contributed by atoms with Gasteiger partial charge < -0.3 is 15.3 Å². The molecule has 0 spiro atoms. The highest BCUT2D eigenvalue weighted by Gasteiger charge is 2.16. The van der Waals surface area contributed by atoms with E-state index < -0.39 is 0 Å². The molecular weight excluding hydrogens is 326 g/mol. The van der Waals surface area contributed by atoms with Gasteiger partial charge in [0, 0.05) is 38.3 Å². The Morgan fingerprint density at radius 3 is 2.35 bits per heavy atom. The van der Waals surface area contributed by atoms with E-state index in [2.05, 4.69) is 41.1 Å². The van der Waals surface area contributed by atoms with Crippen LogP contribution in [0, 0.1) is 0 Å². The molecule has 5 nitrogen and oxygen atoms in total. The van der Waals surface area contributed by atoms with Crippen LogP contribution < -0.4 is 5.32 Å². The predicted molar refractivity (Wildman–Crippen MR) is 106 cm³/mol. The van der Waals surface area contributed by atoms with Crippen molar-refractivity contribution in [2.24, 2.45) is 0 Å². The van der Waals surface area contributed by atoms with E-state index in [-0.39, 0.29) is 12.0 Å². The van der Waals surface area contributed by atoms with Crippen molar-refractivity contribution in [2.75, 3.05) is 39.3 Å². The zero-order valence-corrected chi connectivity index (χ0v) is 16.4. The third-order valence-corrected chi connectivity index (χ3v) is 4.97. The molecule has 1 fully saturated rings. The Morgan fingerprint density at radius 2 is 1.77 bits per heavy atom. The van der Waals surface area contributed by atoms with E-state index in [9.17, 15) is 9.90 Å². The van der Waals surface area contributed by atoms with Crippen molar-refractivity contribution in [1.29, 1.82) is 0 Å². The van der Waals surface area contributed by atoms with Crippen LogP contribution in [-0.2, 0) is 6.54 Å². The van der Waals surface area contributed by atoms with Crippen molar-refractivity contribution in [3.63, 3.8) is 0 Å². The SMILES string of the molecule is CCCN(CCC)Cc1ccc(C(=O)NCCN2CCC(O)CC2)cc1. The number of benzene rings is 1. The summed E-state index contributed by atoms with van der Waals surface area (Å²) in [6.45, 7) is 10.9. The summed E-state index contributed by atoms with van der Waals surface area (Å²) in [5.74, 6) is -0.00688. The van der Waals surface area contributed by atoms with Crippen LogP contribution >= 0.6 is 0 Å². The largest absolute Gasteiger partial charge is 0.393 e. The second-order valence-electron chi connectivity index (χ2n) is 7.30. The van der Waals surface area contributed by atoms with Gasteiger partial charge in [0.1, 0.15) is 0 Å². The van der Waals surface area contributed by atoms with Crippen LogP contribution in [0.1, 0.15) is 55.5 Å². The number of rotatable bonds is 10. The molecule has 26 heavy (non-hydrogen) atoms. The van der Waals surface area contributed by atoms with Gasteiger partial charge in [-0.3, -0.25) is 9.69 Å². The summed E-state index contributed by atoms with van der Waals surface area (Å²) < 4.78 is 0. The molecule has 1 aromatic carbocycles. The van der Waals surface area contributed by atoms with Crippen molar-refractivity contribution in [1.82, 2.24) is 15.1 Å². The number of nitrogens with one attached hydrogen (secondary N) is 1. The molecule has 0 saturated carbocycles. The average Bonchev–Trinajstić information content (AvgIpc) is 2.64. The van der Waals surface area contributed by atoms with E-state index in [0.29, 0.717) is 6.54 Å². The minimum absolute atomic E-state index is 0.00688. The number of hydrogen-bond acceptors (Lipinski definition) is 4. The van der Waals surface area contributed by atoms with Gasteiger partial charge in [-0.05, 0) is 56.5 Å². The molecule has 1 amide bonds. The Balaban J connectivity index is 1.75. The minimum Gasteiger partial charge on any atom is -0.393 e. The van der Waals surface area contributed by atoms with E-state index in [1.54, 1.807) is 0 Å². The number of nitrogens with zero attached hydrogens (tertiary/aromatic N) is 2. The predicted octanol–water partition coefficient (Wildman–Crippen LogP) is 2.50. The van der Waals surface area contributed by atoms with Crippen LogP contribution in [0.15, 0.2) is 24.3 Å². The highest BCUT2D eigenvalue weighted by Crippen LogP contribution is 2.10.